The van der Waals surface area contributed by atoms with Crippen molar-refractivity contribution in [2.45, 2.75) is 13.1 Å². The first-order valence-corrected chi connectivity index (χ1v) is 10.9. The third kappa shape index (κ3) is 4.30. The van der Waals surface area contributed by atoms with Gasteiger partial charge in [-0.3, -0.25) is 18.7 Å². The third-order valence-corrected chi connectivity index (χ3v) is 6.80. The van der Waals surface area contributed by atoms with Gasteiger partial charge in [-0.1, -0.05) is 59.6 Å². The van der Waals surface area contributed by atoms with Crippen molar-refractivity contribution < 1.29 is 4.79 Å². The summed E-state index contributed by atoms with van der Waals surface area (Å²) in [5, 5.41) is 3.99. The fraction of sp³-hybridized carbons (Fsp3) is 0.136. The Morgan fingerprint density at radius 2 is 1.74 bits per heavy atom. The number of carbonyl (C=O) groups is 1. The first-order valence-electron chi connectivity index (χ1n) is 9.34. The number of hydrogen-bond donors (Lipinski definition) is 1. The van der Waals surface area contributed by atoms with Crippen LogP contribution in [0.25, 0.3) is 10.2 Å². The molecule has 0 saturated carbocycles. The van der Waals surface area contributed by atoms with Crippen LogP contribution < -0.4 is 16.6 Å². The molecule has 0 aliphatic rings. The number of nitrogens with one attached hydrogen (secondary N) is 1. The second kappa shape index (κ2) is 8.70. The van der Waals surface area contributed by atoms with Crippen molar-refractivity contribution in [3.63, 3.8) is 0 Å². The molecule has 4 aromatic rings. The van der Waals surface area contributed by atoms with Gasteiger partial charge < -0.3 is 5.32 Å². The van der Waals surface area contributed by atoms with E-state index in [1.807, 2.05) is 30.3 Å². The van der Waals surface area contributed by atoms with E-state index in [2.05, 4.69) is 5.32 Å². The average molecular weight is 474 g/mol. The summed E-state index contributed by atoms with van der Waals surface area (Å²) in [7, 11) is 1.60. The highest BCUT2D eigenvalue weighted by Crippen LogP contribution is 2.24. The molecule has 1 N–H and O–H groups in total. The average Bonchev–Trinajstić information content (AvgIpc) is 3.22. The maximum atomic E-state index is 13.0. The quantitative estimate of drug-likeness (QED) is 0.475. The van der Waals surface area contributed by atoms with E-state index in [9.17, 15) is 14.4 Å². The van der Waals surface area contributed by atoms with Crippen LogP contribution in [0.5, 0.6) is 0 Å². The summed E-state index contributed by atoms with van der Waals surface area (Å²) in [6.45, 7) is 0.415. The molecule has 31 heavy (non-hydrogen) atoms. The van der Waals surface area contributed by atoms with Gasteiger partial charge in [-0.2, -0.15) is 0 Å². The minimum Gasteiger partial charge on any atom is -0.347 e. The number of thiophene rings is 1. The summed E-state index contributed by atoms with van der Waals surface area (Å²) in [4.78, 5) is 39.2. The number of benzene rings is 2. The molecule has 4 rings (SSSR count). The molecule has 2 heterocycles. The van der Waals surface area contributed by atoms with Gasteiger partial charge in [-0.25, -0.2) is 4.79 Å². The van der Waals surface area contributed by atoms with Crippen LogP contribution >= 0.6 is 34.5 Å². The lowest BCUT2D eigenvalue weighted by molar-refractivity contribution is 0.0955. The molecule has 0 fully saturated rings. The van der Waals surface area contributed by atoms with Gasteiger partial charge in [0.05, 0.1) is 26.9 Å². The van der Waals surface area contributed by atoms with E-state index >= 15 is 0 Å². The maximum Gasteiger partial charge on any atom is 0.332 e. The fourth-order valence-electron chi connectivity index (χ4n) is 3.22. The molecule has 9 heteroatoms. The van der Waals surface area contributed by atoms with Crippen LogP contribution in [0.3, 0.4) is 0 Å². The van der Waals surface area contributed by atoms with Gasteiger partial charge in [0.1, 0.15) is 4.83 Å². The number of halogens is 2. The first kappa shape index (κ1) is 21.4. The lowest BCUT2D eigenvalue weighted by Crippen LogP contribution is -2.38. The number of aryl methyl sites for hydroxylation is 1. The summed E-state index contributed by atoms with van der Waals surface area (Å²) in [5.74, 6) is -0.339. The zero-order valence-electron chi connectivity index (χ0n) is 16.4. The standard InChI is InChI=1S/C22H17Cl2N3O3S/c1-26-21-15(20(29)27(22(26)30)12-13-5-3-2-4-6-13)10-18(31-21)19(28)25-11-14-7-8-16(23)17(24)9-14/h2-10H,11-12H2,1H3,(H,25,28). The Labute approximate surface area is 191 Å². The van der Waals surface area contributed by atoms with Crippen molar-refractivity contribution in [2.24, 2.45) is 7.05 Å². The van der Waals surface area contributed by atoms with Gasteiger partial charge in [-0.15, -0.1) is 11.3 Å². The molecule has 158 valence electrons. The van der Waals surface area contributed by atoms with Crippen LogP contribution in [0.1, 0.15) is 20.8 Å². The highest BCUT2D eigenvalue weighted by atomic mass is 35.5. The lowest BCUT2D eigenvalue weighted by atomic mass is 10.2. The fourth-order valence-corrected chi connectivity index (χ4v) is 4.56. The van der Waals surface area contributed by atoms with Gasteiger partial charge in [0.25, 0.3) is 11.5 Å². The molecular formula is C22H17Cl2N3O3S. The lowest BCUT2D eigenvalue weighted by Gasteiger charge is -2.08. The second-order valence-corrected chi connectivity index (χ2v) is 8.82. The first-order chi connectivity index (χ1) is 14.8. The van der Waals surface area contributed by atoms with Crippen LogP contribution in [-0.4, -0.2) is 15.0 Å². The topological polar surface area (TPSA) is 73.1 Å². The van der Waals surface area contributed by atoms with Crippen LogP contribution in [0.2, 0.25) is 10.0 Å². The Bertz CT molecular complexity index is 1410. The molecular weight excluding hydrogens is 457 g/mol. The van der Waals surface area contributed by atoms with E-state index in [1.165, 1.54) is 15.2 Å². The van der Waals surface area contributed by atoms with E-state index in [-0.39, 0.29) is 19.0 Å². The molecule has 2 aromatic carbocycles. The van der Waals surface area contributed by atoms with Gasteiger partial charge >= 0.3 is 5.69 Å². The maximum absolute atomic E-state index is 13.0. The number of aromatic nitrogens is 2. The Hall–Kier alpha value is -2.87. The molecule has 0 saturated heterocycles. The summed E-state index contributed by atoms with van der Waals surface area (Å²) >= 11 is 13.0. The molecule has 2 aromatic heterocycles. The molecule has 0 bridgehead atoms. The van der Waals surface area contributed by atoms with E-state index < -0.39 is 11.2 Å². The number of carbonyl (C=O) groups excluding carboxylic acids is 1. The Morgan fingerprint density at radius 3 is 2.45 bits per heavy atom. The van der Waals surface area contributed by atoms with Crippen molar-refractivity contribution in [3.05, 3.63) is 101 Å². The molecule has 6 nitrogen and oxygen atoms in total. The molecule has 0 aliphatic carbocycles. The van der Waals surface area contributed by atoms with Crippen molar-refractivity contribution in [1.29, 1.82) is 0 Å². The minimum absolute atomic E-state index is 0.164. The monoisotopic (exact) mass is 473 g/mol. The molecule has 0 spiro atoms. The van der Waals surface area contributed by atoms with Crippen LogP contribution in [0.4, 0.5) is 0 Å². The molecule has 0 atom stereocenters. The summed E-state index contributed by atoms with van der Waals surface area (Å²) in [6.07, 6.45) is 0. The zero-order chi connectivity index (χ0) is 22.1. The van der Waals surface area contributed by atoms with Gasteiger partial charge in [0, 0.05) is 13.6 Å². The molecule has 0 aliphatic heterocycles. The summed E-state index contributed by atoms with van der Waals surface area (Å²) in [5.41, 5.74) is 0.796. The van der Waals surface area contributed by atoms with Gasteiger partial charge in [0.2, 0.25) is 0 Å². The van der Waals surface area contributed by atoms with Crippen LogP contribution in [-0.2, 0) is 20.1 Å². The minimum atomic E-state index is -0.425. The highest BCUT2D eigenvalue weighted by Gasteiger charge is 2.18. The molecule has 0 unspecified atom stereocenters. The Kier molecular flexibility index (Phi) is 6.00. The number of fused-ring (bicyclic) bond motifs is 1. The number of rotatable bonds is 5. The number of nitrogens with zero attached hydrogens (tertiary/aromatic N) is 2. The zero-order valence-corrected chi connectivity index (χ0v) is 18.7. The summed E-state index contributed by atoms with van der Waals surface area (Å²) in [6, 6.07) is 15.9. The second-order valence-electron chi connectivity index (χ2n) is 6.98. The van der Waals surface area contributed by atoms with E-state index in [0.29, 0.717) is 25.1 Å². The largest absolute Gasteiger partial charge is 0.347 e. The van der Waals surface area contributed by atoms with Crippen molar-refractivity contribution in [2.75, 3.05) is 0 Å². The van der Waals surface area contributed by atoms with E-state index in [0.717, 1.165) is 22.5 Å². The SMILES string of the molecule is Cn1c(=O)n(Cc2ccccc2)c(=O)c2cc(C(=O)NCc3ccc(Cl)c(Cl)c3)sc21. The Morgan fingerprint density at radius 1 is 1.00 bits per heavy atom. The van der Waals surface area contributed by atoms with Gasteiger partial charge in [-0.05, 0) is 29.3 Å². The van der Waals surface area contributed by atoms with Crippen molar-refractivity contribution >= 4 is 50.7 Å². The van der Waals surface area contributed by atoms with E-state index in [4.69, 9.17) is 23.2 Å². The normalized spacial score (nSPS) is 11.1. The molecule has 1 amide bonds. The van der Waals surface area contributed by atoms with Gasteiger partial charge in [0.15, 0.2) is 0 Å². The van der Waals surface area contributed by atoms with Crippen LogP contribution in [0, 0.1) is 0 Å². The predicted molar refractivity (Wildman–Crippen MR) is 125 cm³/mol. The Balaban J connectivity index is 1.64. The number of amides is 1. The number of hydrogen-bond acceptors (Lipinski definition) is 4. The smallest absolute Gasteiger partial charge is 0.332 e. The van der Waals surface area contributed by atoms with E-state index in [1.54, 1.807) is 25.2 Å². The third-order valence-electron chi connectivity index (χ3n) is 4.85. The molecule has 0 radical (unpaired) electrons. The van der Waals surface area contributed by atoms with Crippen molar-refractivity contribution in [1.82, 2.24) is 14.5 Å². The highest BCUT2D eigenvalue weighted by molar-refractivity contribution is 7.20. The van der Waals surface area contributed by atoms with Crippen molar-refractivity contribution in [3.8, 4) is 0 Å². The predicted octanol–water partition coefficient (Wildman–Crippen LogP) is 4.05. The van der Waals surface area contributed by atoms with Crippen LogP contribution in [0.15, 0.2) is 64.2 Å². The summed E-state index contributed by atoms with van der Waals surface area (Å²) < 4.78 is 2.59.